The number of anilines is 2. The Hall–Kier alpha value is -1.87. The minimum absolute atomic E-state index is 0.885. The Morgan fingerprint density at radius 3 is 3.00 bits per heavy atom. The Morgan fingerprint density at radius 2 is 2.10 bits per heavy atom. The first-order valence-electron chi connectivity index (χ1n) is 7.40. The highest BCUT2D eigenvalue weighted by molar-refractivity contribution is 5.69. The maximum absolute atomic E-state index is 4.62. The van der Waals surface area contributed by atoms with E-state index in [4.69, 9.17) is 0 Å². The number of benzene rings is 1. The molecule has 0 radical (unpaired) electrons. The van der Waals surface area contributed by atoms with Crippen molar-refractivity contribution < 1.29 is 0 Å². The average molecular weight is 267 g/mol. The van der Waals surface area contributed by atoms with Gasteiger partial charge in [0.2, 0.25) is 0 Å². The van der Waals surface area contributed by atoms with Crippen molar-refractivity contribution >= 4 is 11.5 Å². The fourth-order valence-corrected chi connectivity index (χ4v) is 2.77. The van der Waals surface area contributed by atoms with Gasteiger partial charge in [-0.2, -0.15) is 0 Å². The van der Waals surface area contributed by atoms with Crippen LogP contribution in [0.15, 0.2) is 42.6 Å². The summed E-state index contributed by atoms with van der Waals surface area (Å²) in [7, 11) is 0. The second-order valence-corrected chi connectivity index (χ2v) is 5.19. The van der Waals surface area contributed by atoms with Gasteiger partial charge in [0.05, 0.1) is 0 Å². The van der Waals surface area contributed by atoms with Gasteiger partial charge in [0.15, 0.2) is 0 Å². The lowest BCUT2D eigenvalue weighted by atomic mass is 10.2. The highest BCUT2D eigenvalue weighted by Crippen LogP contribution is 2.34. The molecule has 1 aliphatic heterocycles. The van der Waals surface area contributed by atoms with Crippen molar-refractivity contribution in [2.75, 3.05) is 18.0 Å². The van der Waals surface area contributed by atoms with Crippen LogP contribution in [-0.2, 0) is 13.0 Å². The van der Waals surface area contributed by atoms with Crippen LogP contribution in [0, 0.1) is 0 Å². The van der Waals surface area contributed by atoms with Gasteiger partial charge < -0.3 is 10.2 Å². The highest BCUT2D eigenvalue weighted by atomic mass is 15.2. The molecule has 1 aromatic heterocycles. The van der Waals surface area contributed by atoms with Crippen LogP contribution in [0.4, 0.5) is 11.5 Å². The molecule has 0 saturated carbocycles. The standard InChI is InChI=1S/C17H21N3/c1-2-10-18-13-15-7-5-11-19-17(15)20-12-9-14-6-3-4-8-16(14)20/h3-8,11,18H,2,9-10,12-13H2,1H3. The van der Waals surface area contributed by atoms with Crippen LogP contribution in [0.25, 0.3) is 0 Å². The molecule has 3 rings (SSSR count). The summed E-state index contributed by atoms with van der Waals surface area (Å²) in [5.74, 6) is 1.10. The third-order valence-corrected chi connectivity index (χ3v) is 3.75. The van der Waals surface area contributed by atoms with E-state index in [2.05, 4.69) is 52.5 Å². The number of nitrogens with one attached hydrogen (secondary N) is 1. The molecule has 0 spiro atoms. The molecule has 3 nitrogen and oxygen atoms in total. The lowest BCUT2D eigenvalue weighted by Gasteiger charge is -2.21. The van der Waals surface area contributed by atoms with Crippen LogP contribution in [0.1, 0.15) is 24.5 Å². The minimum atomic E-state index is 0.885. The van der Waals surface area contributed by atoms with Crippen molar-refractivity contribution in [1.29, 1.82) is 0 Å². The highest BCUT2D eigenvalue weighted by Gasteiger charge is 2.22. The van der Waals surface area contributed by atoms with Crippen LogP contribution >= 0.6 is 0 Å². The van der Waals surface area contributed by atoms with Crippen molar-refractivity contribution in [1.82, 2.24) is 10.3 Å². The topological polar surface area (TPSA) is 28.2 Å². The van der Waals surface area contributed by atoms with E-state index in [1.54, 1.807) is 0 Å². The number of rotatable bonds is 5. The zero-order valence-electron chi connectivity index (χ0n) is 12.0. The Labute approximate surface area is 120 Å². The average Bonchev–Trinajstić information content (AvgIpc) is 2.92. The zero-order valence-corrected chi connectivity index (χ0v) is 12.0. The third-order valence-electron chi connectivity index (χ3n) is 3.75. The van der Waals surface area contributed by atoms with E-state index in [1.807, 2.05) is 12.3 Å². The number of nitrogens with zero attached hydrogens (tertiary/aromatic N) is 2. The zero-order chi connectivity index (χ0) is 13.8. The van der Waals surface area contributed by atoms with E-state index in [0.29, 0.717) is 0 Å². The number of hydrogen-bond donors (Lipinski definition) is 1. The van der Waals surface area contributed by atoms with E-state index in [9.17, 15) is 0 Å². The molecule has 1 N–H and O–H groups in total. The fraction of sp³-hybridized carbons (Fsp3) is 0.353. The van der Waals surface area contributed by atoms with Crippen molar-refractivity contribution in [3.05, 3.63) is 53.7 Å². The molecular weight excluding hydrogens is 246 g/mol. The smallest absolute Gasteiger partial charge is 0.137 e. The Morgan fingerprint density at radius 1 is 1.20 bits per heavy atom. The molecule has 0 amide bonds. The first-order chi connectivity index (χ1) is 9.90. The Bertz CT molecular complexity index is 580. The molecule has 3 heteroatoms. The van der Waals surface area contributed by atoms with Gasteiger partial charge in [0.25, 0.3) is 0 Å². The van der Waals surface area contributed by atoms with Gasteiger partial charge in [0.1, 0.15) is 5.82 Å². The molecule has 0 unspecified atom stereocenters. The number of pyridine rings is 1. The second kappa shape index (κ2) is 6.06. The molecule has 0 bridgehead atoms. The quantitative estimate of drug-likeness (QED) is 0.843. The van der Waals surface area contributed by atoms with Crippen LogP contribution in [-0.4, -0.2) is 18.1 Å². The summed E-state index contributed by atoms with van der Waals surface area (Å²) in [6.07, 6.45) is 4.15. The number of aromatic nitrogens is 1. The van der Waals surface area contributed by atoms with Crippen LogP contribution < -0.4 is 10.2 Å². The fourth-order valence-electron chi connectivity index (χ4n) is 2.77. The van der Waals surface area contributed by atoms with Gasteiger partial charge in [-0.15, -0.1) is 0 Å². The molecule has 2 heterocycles. The molecule has 104 valence electrons. The molecule has 0 aliphatic carbocycles. The summed E-state index contributed by atoms with van der Waals surface area (Å²) in [4.78, 5) is 6.97. The summed E-state index contributed by atoms with van der Waals surface area (Å²) < 4.78 is 0. The van der Waals surface area contributed by atoms with E-state index >= 15 is 0 Å². The first kappa shape index (κ1) is 13.1. The van der Waals surface area contributed by atoms with Crippen LogP contribution in [0.3, 0.4) is 0 Å². The van der Waals surface area contributed by atoms with Crippen molar-refractivity contribution in [3.8, 4) is 0 Å². The summed E-state index contributed by atoms with van der Waals surface area (Å²) in [6.45, 7) is 5.14. The summed E-state index contributed by atoms with van der Waals surface area (Å²) in [5.41, 5.74) is 4.01. The lowest BCUT2D eigenvalue weighted by molar-refractivity contribution is 0.673. The monoisotopic (exact) mass is 267 g/mol. The van der Waals surface area contributed by atoms with Gasteiger partial charge >= 0.3 is 0 Å². The minimum Gasteiger partial charge on any atom is -0.326 e. The van der Waals surface area contributed by atoms with Crippen molar-refractivity contribution in [2.45, 2.75) is 26.3 Å². The van der Waals surface area contributed by atoms with Gasteiger partial charge in [-0.05, 0) is 37.1 Å². The van der Waals surface area contributed by atoms with Crippen molar-refractivity contribution in [3.63, 3.8) is 0 Å². The summed E-state index contributed by atoms with van der Waals surface area (Å²) in [6, 6.07) is 12.8. The normalized spacial score (nSPS) is 13.6. The molecule has 2 aromatic rings. The molecule has 0 atom stereocenters. The first-order valence-corrected chi connectivity index (χ1v) is 7.40. The number of hydrogen-bond acceptors (Lipinski definition) is 3. The maximum atomic E-state index is 4.62. The van der Waals surface area contributed by atoms with Gasteiger partial charge in [-0.1, -0.05) is 31.2 Å². The molecule has 20 heavy (non-hydrogen) atoms. The molecule has 1 aliphatic rings. The second-order valence-electron chi connectivity index (χ2n) is 5.19. The summed E-state index contributed by atoms with van der Waals surface area (Å²) >= 11 is 0. The SMILES string of the molecule is CCCNCc1cccnc1N1CCc2ccccc21. The van der Waals surface area contributed by atoms with E-state index in [0.717, 1.165) is 38.3 Å². The van der Waals surface area contributed by atoms with Crippen LogP contribution in [0.2, 0.25) is 0 Å². The largest absolute Gasteiger partial charge is 0.326 e. The summed E-state index contributed by atoms with van der Waals surface area (Å²) in [5, 5.41) is 3.47. The van der Waals surface area contributed by atoms with Gasteiger partial charge in [0, 0.05) is 30.5 Å². The molecule has 1 aromatic carbocycles. The molecule has 0 saturated heterocycles. The third kappa shape index (κ3) is 2.54. The van der Waals surface area contributed by atoms with Crippen LogP contribution in [0.5, 0.6) is 0 Å². The Balaban J connectivity index is 1.87. The lowest BCUT2D eigenvalue weighted by Crippen LogP contribution is -2.20. The van der Waals surface area contributed by atoms with Crippen molar-refractivity contribution in [2.24, 2.45) is 0 Å². The number of para-hydroxylation sites is 1. The number of fused-ring (bicyclic) bond motifs is 1. The maximum Gasteiger partial charge on any atom is 0.137 e. The predicted octanol–water partition coefficient (Wildman–Crippen LogP) is 3.28. The van der Waals surface area contributed by atoms with Gasteiger partial charge in [-0.3, -0.25) is 0 Å². The van der Waals surface area contributed by atoms with Gasteiger partial charge in [-0.25, -0.2) is 4.98 Å². The van der Waals surface area contributed by atoms with E-state index in [-0.39, 0.29) is 0 Å². The predicted molar refractivity (Wildman–Crippen MR) is 83.4 cm³/mol. The van der Waals surface area contributed by atoms with E-state index in [1.165, 1.54) is 16.8 Å². The Kier molecular flexibility index (Phi) is 3.97. The molecular formula is C17H21N3. The van der Waals surface area contributed by atoms with E-state index < -0.39 is 0 Å². The molecule has 0 fully saturated rings.